The van der Waals surface area contributed by atoms with E-state index in [2.05, 4.69) is 16.6 Å². The van der Waals surface area contributed by atoms with Crippen molar-refractivity contribution in [1.29, 1.82) is 0 Å². The maximum absolute atomic E-state index is 11.4. The number of aromatic nitrogens is 1. The molecular formula is C22H32N4O2S. The minimum atomic E-state index is 0.0870. The quantitative estimate of drug-likeness (QED) is 0.198. The molecule has 0 fully saturated rings. The van der Waals surface area contributed by atoms with E-state index in [0.29, 0.717) is 10.6 Å². The summed E-state index contributed by atoms with van der Waals surface area (Å²) in [4.78, 5) is 25.2. The van der Waals surface area contributed by atoms with Crippen LogP contribution in [0.1, 0.15) is 37.4 Å². The summed E-state index contributed by atoms with van der Waals surface area (Å²) in [5, 5.41) is 10.4. The molecule has 6 nitrogen and oxygen atoms in total. The molecule has 7 heteroatoms. The number of hydrogen-bond donors (Lipinski definition) is 1. The van der Waals surface area contributed by atoms with Crippen molar-refractivity contribution in [3.05, 3.63) is 53.9 Å². The molecule has 0 saturated carbocycles. The summed E-state index contributed by atoms with van der Waals surface area (Å²) < 4.78 is 0. The molecule has 1 N–H and O–H groups in total. The number of aliphatic imine (C=N–C) groups is 1. The van der Waals surface area contributed by atoms with Gasteiger partial charge in [0, 0.05) is 33.5 Å². The molecule has 2 aromatic rings. The molecule has 0 unspecified atom stereocenters. The van der Waals surface area contributed by atoms with Crippen molar-refractivity contribution in [3.63, 3.8) is 0 Å². The Bertz CT molecular complexity index is 867. The zero-order valence-corrected chi connectivity index (χ0v) is 19.2. The number of hydrogen-bond acceptors (Lipinski definition) is 6. The highest BCUT2D eigenvalue weighted by atomic mass is 32.1. The summed E-state index contributed by atoms with van der Waals surface area (Å²) in [6, 6.07) is 1.89. The van der Waals surface area contributed by atoms with Crippen molar-refractivity contribution in [2.75, 3.05) is 26.0 Å². The van der Waals surface area contributed by atoms with Crippen LogP contribution in [0.4, 0.5) is 11.4 Å². The summed E-state index contributed by atoms with van der Waals surface area (Å²) in [5.74, 6) is 0.0870. The van der Waals surface area contributed by atoms with Gasteiger partial charge in [0.15, 0.2) is 6.29 Å². The number of aliphatic hydroxyl groups excluding tert-OH is 1. The number of fused-ring (bicyclic) bond motifs is 1. The van der Waals surface area contributed by atoms with Crippen molar-refractivity contribution >= 4 is 45.6 Å². The molecule has 0 aliphatic carbocycles. The van der Waals surface area contributed by atoms with Crippen LogP contribution in [0.3, 0.4) is 0 Å². The molecule has 0 aliphatic rings. The van der Waals surface area contributed by atoms with Gasteiger partial charge in [-0.25, -0.2) is 9.98 Å². The van der Waals surface area contributed by atoms with Gasteiger partial charge in [-0.2, -0.15) is 0 Å². The Balaban J connectivity index is 0.00000184. The van der Waals surface area contributed by atoms with E-state index in [4.69, 9.17) is 0 Å². The van der Waals surface area contributed by atoms with Crippen LogP contribution in [0.15, 0.2) is 54.0 Å². The molecule has 158 valence electrons. The van der Waals surface area contributed by atoms with Crippen molar-refractivity contribution in [2.45, 2.75) is 27.7 Å². The summed E-state index contributed by atoms with van der Waals surface area (Å²) in [5.41, 5.74) is 1.55. The number of thiophene rings is 1. The number of pyridine rings is 1. The maximum Gasteiger partial charge on any atom is 0.162 e. The lowest BCUT2D eigenvalue weighted by molar-refractivity contribution is 0.112. The Morgan fingerprint density at radius 1 is 1.24 bits per heavy atom. The monoisotopic (exact) mass is 416 g/mol. The maximum atomic E-state index is 11.4. The van der Waals surface area contributed by atoms with Crippen LogP contribution in [0, 0.1) is 0 Å². The molecule has 0 aliphatic heterocycles. The number of allylic oxidation sites excluding steroid dienone is 3. The second-order valence-corrected chi connectivity index (χ2v) is 6.42. The molecular weight excluding hydrogens is 384 g/mol. The number of carbonyl (C=O) groups is 1. The first-order valence-corrected chi connectivity index (χ1v) is 10.3. The second kappa shape index (κ2) is 14.1. The van der Waals surface area contributed by atoms with Gasteiger partial charge in [0.2, 0.25) is 0 Å². The van der Waals surface area contributed by atoms with Crippen LogP contribution in [-0.2, 0) is 0 Å². The lowest BCUT2D eigenvalue weighted by atomic mass is 10.2. The normalized spacial score (nSPS) is 10.9. The molecule has 0 aromatic carbocycles. The van der Waals surface area contributed by atoms with Gasteiger partial charge in [-0.1, -0.05) is 40.3 Å². The fraction of sp³-hybridized carbons (Fsp3) is 0.318. The first-order valence-electron chi connectivity index (χ1n) is 9.48. The van der Waals surface area contributed by atoms with Crippen molar-refractivity contribution < 1.29 is 9.90 Å². The summed E-state index contributed by atoms with van der Waals surface area (Å²) in [6.07, 6.45) is 10.3. The number of anilines is 1. The van der Waals surface area contributed by atoms with E-state index in [-0.39, 0.29) is 5.76 Å². The van der Waals surface area contributed by atoms with Gasteiger partial charge < -0.3 is 14.9 Å². The third-order valence-corrected chi connectivity index (χ3v) is 4.31. The largest absolute Gasteiger partial charge is 0.508 e. The van der Waals surface area contributed by atoms with E-state index >= 15 is 0 Å². The molecule has 0 amide bonds. The SMILES string of the molecule is C=C/C=C(O)\C=C\N(C)C=Nc1c(C=O)sc2nccc(N(C)C)c12.CC.CC. The predicted octanol–water partition coefficient (Wildman–Crippen LogP) is 5.96. The molecule has 2 aromatic heterocycles. The smallest absolute Gasteiger partial charge is 0.162 e. The number of aldehydes is 1. The highest BCUT2D eigenvalue weighted by molar-refractivity contribution is 7.21. The molecule has 0 bridgehead atoms. The summed E-state index contributed by atoms with van der Waals surface area (Å²) >= 11 is 1.32. The Morgan fingerprint density at radius 3 is 2.45 bits per heavy atom. The van der Waals surface area contributed by atoms with Crippen LogP contribution < -0.4 is 4.90 Å². The molecule has 0 saturated heterocycles. The van der Waals surface area contributed by atoms with Gasteiger partial charge in [-0.05, 0) is 18.2 Å². The Kier molecular flexibility index (Phi) is 12.7. The van der Waals surface area contributed by atoms with Gasteiger partial charge in [-0.15, -0.1) is 11.3 Å². The second-order valence-electron chi connectivity index (χ2n) is 5.39. The van der Waals surface area contributed by atoms with Gasteiger partial charge in [-0.3, -0.25) is 4.79 Å². The van der Waals surface area contributed by atoms with E-state index in [1.165, 1.54) is 29.6 Å². The molecule has 2 heterocycles. The Labute approximate surface area is 178 Å². The lowest BCUT2D eigenvalue weighted by Gasteiger charge is -2.14. The lowest BCUT2D eigenvalue weighted by Crippen LogP contribution is -2.09. The van der Waals surface area contributed by atoms with Crippen molar-refractivity contribution in [2.24, 2.45) is 4.99 Å². The van der Waals surface area contributed by atoms with Crippen LogP contribution in [-0.4, -0.2) is 48.8 Å². The van der Waals surface area contributed by atoms with E-state index in [9.17, 15) is 9.90 Å². The van der Waals surface area contributed by atoms with Gasteiger partial charge in [0.05, 0.1) is 28.0 Å². The van der Waals surface area contributed by atoms with Gasteiger partial charge >= 0.3 is 0 Å². The molecule has 2 rings (SSSR count). The number of nitrogens with zero attached hydrogens (tertiary/aromatic N) is 4. The Morgan fingerprint density at radius 2 is 1.90 bits per heavy atom. The van der Waals surface area contributed by atoms with Crippen molar-refractivity contribution in [3.8, 4) is 0 Å². The topological polar surface area (TPSA) is 69.0 Å². The fourth-order valence-corrected chi connectivity index (χ4v) is 3.07. The minimum Gasteiger partial charge on any atom is -0.508 e. The summed E-state index contributed by atoms with van der Waals surface area (Å²) in [6.45, 7) is 11.5. The number of carbonyl (C=O) groups excluding carboxylic acids is 1. The number of rotatable bonds is 7. The number of aliphatic hydroxyl groups is 1. The third-order valence-electron chi connectivity index (χ3n) is 3.30. The highest BCUT2D eigenvalue weighted by Gasteiger charge is 2.16. The minimum absolute atomic E-state index is 0.0870. The third kappa shape index (κ3) is 7.54. The van der Waals surface area contributed by atoms with E-state index in [1.807, 2.05) is 52.8 Å². The summed E-state index contributed by atoms with van der Waals surface area (Å²) in [7, 11) is 5.65. The average Bonchev–Trinajstić information content (AvgIpc) is 3.11. The first kappa shape index (κ1) is 26.1. The predicted molar refractivity (Wildman–Crippen MR) is 128 cm³/mol. The molecule has 0 spiro atoms. The highest BCUT2D eigenvalue weighted by Crippen LogP contribution is 2.40. The van der Waals surface area contributed by atoms with Crippen LogP contribution in [0.5, 0.6) is 0 Å². The zero-order valence-electron chi connectivity index (χ0n) is 18.4. The van der Waals surface area contributed by atoms with Crippen LogP contribution in [0.25, 0.3) is 10.2 Å². The van der Waals surface area contributed by atoms with E-state index < -0.39 is 0 Å². The molecule has 0 atom stereocenters. The molecule has 29 heavy (non-hydrogen) atoms. The standard InChI is InChI=1S/C18H20N4O2S.2C2H6/c1-5-6-13(24)8-10-22(4)12-20-17-15(11-23)25-18-16(17)14(21(2)3)7-9-19-18;2*1-2/h5-12,24H,1H2,2-4H3;2*1-2H3/b10-8+,13-6+,20-12?;;. The zero-order chi connectivity index (χ0) is 22.4. The Hall–Kier alpha value is -2.93. The van der Waals surface area contributed by atoms with Gasteiger partial charge in [0.1, 0.15) is 10.6 Å². The molecule has 0 radical (unpaired) electrons. The van der Waals surface area contributed by atoms with Gasteiger partial charge in [0.25, 0.3) is 0 Å². The average molecular weight is 417 g/mol. The van der Waals surface area contributed by atoms with Crippen molar-refractivity contribution in [1.82, 2.24) is 9.88 Å². The fourth-order valence-electron chi connectivity index (χ4n) is 2.15. The van der Waals surface area contributed by atoms with E-state index in [1.54, 1.807) is 30.7 Å². The van der Waals surface area contributed by atoms with Crippen LogP contribution in [0.2, 0.25) is 0 Å². The first-order chi connectivity index (χ1) is 14.0. The van der Waals surface area contributed by atoms with E-state index in [0.717, 1.165) is 22.2 Å². The van der Waals surface area contributed by atoms with Crippen LogP contribution >= 0.6 is 11.3 Å².